The lowest BCUT2D eigenvalue weighted by molar-refractivity contribution is 0.372. The summed E-state index contributed by atoms with van der Waals surface area (Å²) < 4.78 is 7.44. The molecule has 0 aliphatic heterocycles. The number of aromatic nitrogens is 3. The van der Waals surface area contributed by atoms with E-state index in [4.69, 9.17) is 4.52 Å². The maximum absolute atomic E-state index is 5.36. The van der Waals surface area contributed by atoms with Crippen molar-refractivity contribution in [2.24, 2.45) is 4.99 Å². The zero-order chi connectivity index (χ0) is 18.5. The van der Waals surface area contributed by atoms with E-state index >= 15 is 0 Å². The maximum Gasteiger partial charge on any atom is 0.192 e. The molecule has 0 aliphatic carbocycles. The topological polar surface area (TPSA) is 79.8 Å². The molecule has 3 heterocycles. The number of fused-ring (bicyclic) bond motifs is 1. The third-order valence-corrected chi connectivity index (χ3v) is 4.09. The van der Waals surface area contributed by atoms with Gasteiger partial charge in [0.05, 0.1) is 24.5 Å². The lowest BCUT2D eigenvalue weighted by atomic mass is 10.1. The number of hydrogen-bond acceptors (Lipinski definition) is 4. The molecule has 0 fully saturated rings. The van der Waals surface area contributed by atoms with Gasteiger partial charge in [0.2, 0.25) is 0 Å². The first-order valence-electron chi connectivity index (χ1n) is 8.98. The fraction of sp³-hybridized carbons (Fsp3) is 0.421. The van der Waals surface area contributed by atoms with Crippen LogP contribution in [0, 0.1) is 6.92 Å². The van der Waals surface area contributed by atoms with E-state index < -0.39 is 0 Å². The van der Waals surface area contributed by atoms with Gasteiger partial charge in [0.15, 0.2) is 11.7 Å². The van der Waals surface area contributed by atoms with Gasteiger partial charge in [0, 0.05) is 24.5 Å². The summed E-state index contributed by atoms with van der Waals surface area (Å²) in [6.07, 6.45) is 2.03. The first-order valence-corrected chi connectivity index (χ1v) is 8.98. The smallest absolute Gasteiger partial charge is 0.192 e. The number of imidazole rings is 1. The Bertz CT molecular complexity index is 892. The molecule has 0 bridgehead atoms. The fourth-order valence-electron chi connectivity index (χ4n) is 2.63. The molecule has 0 aliphatic rings. The lowest BCUT2D eigenvalue weighted by Crippen LogP contribution is -2.36. The van der Waals surface area contributed by atoms with Gasteiger partial charge in [-0.05, 0) is 31.9 Å². The van der Waals surface area contributed by atoms with E-state index in [1.165, 1.54) is 0 Å². The van der Waals surface area contributed by atoms with Gasteiger partial charge >= 0.3 is 0 Å². The quantitative estimate of drug-likeness (QED) is 0.525. The highest BCUT2D eigenvalue weighted by molar-refractivity contribution is 5.79. The predicted octanol–water partition coefficient (Wildman–Crippen LogP) is 3.01. The second-order valence-corrected chi connectivity index (χ2v) is 6.55. The Kier molecular flexibility index (Phi) is 5.55. The molecule has 3 aromatic rings. The summed E-state index contributed by atoms with van der Waals surface area (Å²) in [5.41, 5.74) is 3.99. The van der Waals surface area contributed by atoms with Crippen LogP contribution < -0.4 is 10.6 Å². The van der Waals surface area contributed by atoms with Gasteiger partial charge in [-0.15, -0.1) is 0 Å². The van der Waals surface area contributed by atoms with E-state index in [0.29, 0.717) is 19.0 Å². The lowest BCUT2D eigenvalue weighted by Gasteiger charge is -2.09. The third-order valence-electron chi connectivity index (χ3n) is 4.09. The van der Waals surface area contributed by atoms with Crippen molar-refractivity contribution in [3.8, 4) is 0 Å². The Morgan fingerprint density at radius 2 is 2.15 bits per heavy atom. The van der Waals surface area contributed by atoms with Crippen molar-refractivity contribution in [2.75, 3.05) is 6.54 Å². The first-order chi connectivity index (χ1) is 12.6. The van der Waals surface area contributed by atoms with Gasteiger partial charge < -0.3 is 19.6 Å². The molecule has 3 rings (SSSR count). The normalized spacial score (nSPS) is 12.1. The van der Waals surface area contributed by atoms with Crippen LogP contribution in [0.2, 0.25) is 0 Å². The second kappa shape index (κ2) is 8.03. The number of guanidine groups is 1. The molecular formula is C19H26N6O. The first kappa shape index (κ1) is 18.0. The minimum absolute atomic E-state index is 0.355. The molecule has 0 saturated heterocycles. The average Bonchev–Trinajstić information content (AvgIpc) is 3.25. The molecule has 26 heavy (non-hydrogen) atoms. The van der Waals surface area contributed by atoms with E-state index in [9.17, 15) is 0 Å². The molecule has 0 amide bonds. The van der Waals surface area contributed by atoms with Crippen molar-refractivity contribution in [3.63, 3.8) is 0 Å². The summed E-state index contributed by atoms with van der Waals surface area (Å²) in [6.45, 7) is 10.1. The van der Waals surface area contributed by atoms with Gasteiger partial charge in [-0.3, -0.25) is 0 Å². The summed E-state index contributed by atoms with van der Waals surface area (Å²) in [5, 5.41) is 10.6. The molecule has 2 N–H and O–H groups in total. The summed E-state index contributed by atoms with van der Waals surface area (Å²) in [4.78, 5) is 9.24. The van der Waals surface area contributed by atoms with Crippen molar-refractivity contribution < 1.29 is 4.52 Å². The van der Waals surface area contributed by atoms with E-state index in [2.05, 4.69) is 57.0 Å². The molecule has 0 saturated carbocycles. The number of rotatable bonds is 6. The highest BCUT2D eigenvalue weighted by Crippen LogP contribution is 2.13. The van der Waals surface area contributed by atoms with Crippen LogP contribution in [0.3, 0.4) is 0 Å². The molecule has 0 aromatic carbocycles. The van der Waals surface area contributed by atoms with Crippen LogP contribution >= 0.6 is 0 Å². The summed E-state index contributed by atoms with van der Waals surface area (Å²) in [7, 11) is 0. The summed E-state index contributed by atoms with van der Waals surface area (Å²) >= 11 is 0. The Hall–Kier alpha value is -2.83. The van der Waals surface area contributed by atoms with Gasteiger partial charge in [-0.1, -0.05) is 25.1 Å². The van der Waals surface area contributed by atoms with Crippen LogP contribution in [0.15, 0.2) is 40.0 Å². The third kappa shape index (κ3) is 4.22. The molecule has 7 heteroatoms. The molecular weight excluding hydrogens is 328 g/mol. The minimum Gasteiger partial charge on any atom is -0.359 e. The molecule has 0 spiro atoms. The van der Waals surface area contributed by atoms with Gasteiger partial charge in [0.25, 0.3) is 0 Å². The molecule has 0 atom stereocenters. The molecule has 7 nitrogen and oxygen atoms in total. The minimum atomic E-state index is 0.355. The van der Waals surface area contributed by atoms with Gasteiger partial charge in [-0.2, -0.15) is 0 Å². The molecule has 0 radical (unpaired) electrons. The monoisotopic (exact) mass is 354 g/mol. The number of hydrogen-bond donors (Lipinski definition) is 2. The molecule has 3 aromatic heterocycles. The SMILES string of the molecule is CCNC(=NCc1cn2c(C)cccc2n1)NCc1cc(C(C)C)no1. The summed E-state index contributed by atoms with van der Waals surface area (Å²) in [6, 6.07) is 8.06. The van der Waals surface area contributed by atoms with E-state index in [1.54, 1.807) is 0 Å². The molecule has 0 unspecified atom stereocenters. The van der Waals surface area contributed by atoms with Crippen LogP contribution in [-0.4, -0.2) is 27.0 Å². The van der Waals surface area contributed by atoms with Crippen molar-refractivity contribution >= 4 is 11.6 Å². The van der Waals surface area contributed by atoms with Crippen molar-refractivity contribution in [1.82, 2.24) is 25.2 Å². The standard InChI is InChI=1S/C19H26N6O/c1-5-20-19(22-11-16-9-17(13(2)3)24-26-16)21-10-15-12-25-14(4)7-6-8-18(25)23-15/h6-9,12-13H,5,10-11H2,1-4H3,(H2,20,21,22). The second-order valence-electron chi connectivity index (χ2n) is 6.55. The van der Waals surface area contributed by atoms with E-state index in [0.717, 1.165) is 41.0 Å². The van der Waals surface area contributed by atoms with Crippen LogP contribution in [0.5, 0.6) is 0 Å². The van der Waals surface area contributed by atoms with Crippen LogP contribution in [0.1, 0.15) is 49.5 Å². The van der Waals surface area contributed by atoms with Gasteiger partial charge in [-0.25, -0.2) is 9.98 Å². The van der Waals surface area contributed by atoms with Crippen molar-refractivity contribution in [1.29, 1.82) is 0 Å². The van der Waals surface area contributed by atoms with E-state index in [-0.39, 0.29) is 0 Å². The summed E-state index contributed by atoms with van der Waals surface area (Å²) in [5.74, 6) is 1.87. The maximum atomic E-state index is 5.36. The fourth-order valence-corrected chi connectivity index (χ4v) is 2.63. The number of pyridine rings is 1. The largest absolute Gasteiger partial charge is 0.359 e. The number of aliphatic imine (C=N–C) groups is 1. The Morgan fingerprint density at radius 3 is 2.85 bits per heavy atom. The average molecular weight is 354 g/mol. The van der Waals surface area contributed by atoms with Gasteiger partial charge in [0.1, 0.15) is 5.65 Å². The highest BCUT2D eigenvalue weighted by atomic mass is 16.5. The van der Waals surface area contributed by atoms with Crippen molar-refractivity contribution in [3.05, 3.63) is 53.3 Å². The highest BCUT2D eigenvalue weighted by Gasteiger charge is 2.08. The van der Waals surface area contributed by atoms with Crippen molar-refractivity contribution in [2.45, 2.75) is 46.7 Å². The van der Waals surface area contributed by atoms with Crippen LogP contribution in [0.25, 0.3) is 5.65 Å². The zero-order valence-electron chi connectivity index (χ0n) is 15.8. The Labute approximate surface area is 153 Å². The van der Waals surface area contributed by atoms with E-state index in [1.807, 2.05) is 31.3 Å². The molecule has 138 valence electrons. The number of aryl methyl sites for hydroxylation is 1. The Balaban J connectivity index is 1.66. The predicted molar refractivity (Wildman–Crippen MR) is 102 cm³/mol. The Morgan fingerprint density at radius 1 is 1.31 bits per heavy atom. The van der Waals surface area contributed by atoms with Crippen LogP contribution in [-0.2, 0) is 13.1 Å². The van der Waals surface area contributed by atoms with Crippen LogP contribution in [0.4, 0.5) is 0 Å². The number of nitrogens with zero attached hydrogens (tertiary/aromatic N) is 4. The number of nitrogens with one attached hydrogen (secondary N) is 2. The zero-order valence-corrected chi connectivity index (χ0v) is 15.8.